The normalized spacial score (nSPS) is 21.0. The highest BCUT2D eigenvalue weighted by Gasteiger charge is 2.50. The van der Waals surface area contributed by atoms with E-state index in [0.717, 1.165) is 16.4 Å². The van der Waals surface area contributed by atoms with Crippen LogP contribution in [0.2, 0.25) is 0 Å². The third-order valence-corrected chi connectivity index (χ3v) is 7.44. The summed E-state index contributed by atoms with van der Waals surface area (Å²) < 4.78 is 1.88. The number of nitrogens with zero attached hydrogens (tertiary/aromatic N) is 4. The van der Waals surface area contributed by atoms with Gasteiger partial charge in [-0.3, -0.25) is 14.5 Å². The summed E-state index contributed by atoms with van der Waals surface area (Å²) in [5.74, 6) is 0.509. The Hall–Kier alpha value is -3.34. The topological polar surface area (TPSA) is 51.0 Å². The lowest BCUT2D eigenvalue weighted by atomic mass is 9.41. The highest BCUT2D eigenvalue weighted by Crippen LogP contribution is 2.46. The fourth-order valence-electron chi connectivity index (χ4n) is 5.63. The predicted octanol–water partition coefficient (Wildman–Crippen LogP) is 3.10. The van der Waals surface area contributed by atoms with Gasteiger partial charge in [0.1, 0.15) is 7.85 Å². The summed E-state index contributed by atoms with van der Waals surface area (Å²) in [7, 11) is 10.9. The van der Waals surface area contributed by atoms with Gasteiger partial charge in [0, 0.05) is 36.7 Å². The van der Waals surface area contributed by atoms with Crippen LogP contribution in [0.1, 0.15) is 51.5 Å². The molecule has 0 N–H and O–H groups in total. The number of pyridine rings is 1. The SMILES string of the molecule is [B]C12[B]c3cc(-c4ccc(C)c5nn(C)cc45)cc(C4CC4)c3CN1C(=O)c1cccnc12. The Morgan fingerprint density at radius 3 is 2.85 bits per heavy atom. The molecule has 4 aromatic rings. The van der Waals surface area contributed by atoms with Gasteiger partial charge in [-0.05, 0) is 65.6 Å². The van der Waals surface area contributed by atoms with Gasteiger partial charge >= 0.3 is 0 Å². The lowest BCUT2D eigenvalue weighted by Crippen LogP contribution is -2.57. The summed E-state index contributed by atoms with van der Waals surface area (Å²) in [5.41, 5.74) is 9.47. The van der Waals surface area contributed by atoms with Crippen molar-refractivity contribution in [1.82, 2.24) is 19.7 Å². The van der Waals surface area contributed by atoms with Gasteiger partial charge in [0.05, 0.1) is 16.8 Å². The number of carbonyl (C=O) groups excluding carboxylic acids is 1. The van der Waals surface area contributed by atoms with Gasteiger partial charge in [-0.1, -0.05) is 29.7 Å². The van der Waals surface area contributed by atoms with E-state index in [9.17, 15) is 4.79 Å². The minimum atomic E-state index is -1.02. The maximum atomic E-state index is 13.2. The second-order valence-electron chi connectivity index (χ2n) is 9.66. The Bertz CT molecular complexity index is 1510. The molecule has 7 rings (SSSR count). The highest BCUT2D eigenvalue weighted by atomic mass is 16.2. The van der Waals surface area contributed by atoms with E-state index in [0.29, 0.717) is 23.7 Å². The van der Waals surface area contributed by atoms with E-state index >= 15 is 0 Å². The fourth-order valence-corrected chi connectivity index (χ4v) is 5.63. The molecular weight excluding hydrogens is 406 g/mol. The summed E-state index contributed by atoms with van der Waals surface area (Å²) in [4.78, 5) is 19.5. The van der Waals surface area contributed by atoms with Gasteiger partial charge in [0.25, 0.3) is 5.91 Å². The fraction of sp³-hybridized carbons (Fsp3) is 0.269. The molecule has 2 aliphatic heterocycles. The molecule has 0 bridgehead atoms. The van der Waals surface area contributed by atoms with Crippen LogP contribution in [0.25, 0.3) is 22.0 Å². The summed E-state index contributed by atoms with van der Waals surface area (Å²) in [6.45, 7) is 2.61. The Balaban J connectivity index is 1.44. The molecule has 33 heavy (non-hydrogen) atoms. The molecular formula is C26H21B2N4O. The molecule has 1 amide bonds. The van der Waals surface area contributed by atoms with Gasteiger partial charge in [-0.2, -0.15) is 5.10 Å². The van der Waals surface area contributed by atoms with Gasteiger partial charge in [-0.25, -0.2) is 0 Å². The number of aryl methyl sites for hydroxylation is 2. The van der Waals surface area contributed by atoms with Crippen molar-refractivity contribution in [3.8, 4) is 11.1 Å². The van der Waals surface area contributed by atoms with Gasteiger partial charge in [0.2, 0.25) is 0 Å². The molecule has 1 unspecified atom stereocenters. The van der Waals surface area contributed by atoms with Crippen molar-refractivity contribution < 1.29 is 4.79 Å². The number of hydrogen-bond donors (Lipinski definition) is 0. The van der Waals surface area contributed by atoms with Crippen molar-refractivity contribution in [3.63, 3.8) is 0 Å². The first kappa shape index (κ1) is 19.2. The van der Waals surface area contributed by atoms with Crippen molar-refractivity contribution in [2.75, 3.05) is 0 Å². The molecule has 1 saturated carbocycles. The van der Waals surface area contributed by atoms with Crippen molar-refractivity contribution in [2.24, 2.45) is 7.05 Å². The Morgan fingerprint density at radius 2 is 2.03 bits per heavy atom. The molecule has 4 heterocycles. The molecule has 2 aromatic carbocycles. The molecule has 1 fully saturated rings. The largest absolute Gasteiger partial charge is 0.339 e. The smallest absolute Gasteiger partial charge is 0.255 e. The number of fused-ring (bicyclic) bond motifs is 5. The van der Waals surface area contributed by atoms with E-state index in [1.165, 1.54) is 40.7 Å². The van der Waals surface area contributed by atoms with Crippen molar-refractivity contribution >= 4 is 37.4 Å². The zero-order chi connectivity index (χ0) is 22.5. The summed E-state index contributed by atoms with van der Waals surface area (Å²) in [5, 5.41) is 4.82. The summed E-state index contributed by atoms with van der Waals surface area (Å²) in [6, 6.07) is 12.5. The number of aromatic nitrogens is 3. The van der Waals surface area contributed by atoms with E-state index in [-0.39, 0.29) is 5.91 Å². The first-order valence-electron chi connectivity index (χ1n) is 11.5. The molecule has 157 valence electrons. The molecule has 3 radical (unpaired) electrons. The molecule has 2 aromatic heterocycles. The first-order valence-corrected chi connectivity index (χ1v) is 11.5. The van der Waals surface area contributed by atoms with E-state index < -0.39 is 5.34 Å². The monoisotopic (exact) mass is 427 g/mol. The highest BCUT2D eigenvalue weighted by molar-refractivity contribution is 6.67. The Morgan fingerprint density at radius 1 is 1.18 bits per heavy atom. The Labute approximate surface area is 194 Å². The third-order valence-electron chi connectivity index (χ3n) is 7.44. The van der Waals surface area contributed by atoms with E-state index in [2.05, 4.69) is 47.5 Å². The number of rotatable bonds is 2. The average Bonchev–Trinajstić information content (AvgIpc) is 3.54. The molecule has 1 aliphatic carbocycles. The number of hydrogen-bond acceptors (Lipinski definition) is 3. The maximum absolute atomic E-state index is 13.2. The average molecular weight is 427 g/mol. The van der Waals surface area contributed by atoms with Crippen LogP contribution in [-0.4, -0.2) is 40.7 Å². The van der Waals surface area contributed by atoms with Crippen molar-refractivity contribution in [1.29, 1.82) is 0 Å². The van der Waals surface area contributed by atoms with E-state index in [4.69, 9.17) is 7.85 Å². The van der Waals surface area contributed by atoms with Gasteiger partial charge < -0.3 is 4.90 Å². The molecule has 5 nitrogen and oxygen atoms in total. The minimum absolute atomic E-state index is 0.0380. The molecule has 0 saturated heterocycles. The van der Waals surface area contributed by atoms with Crippen LogP contribution in [0.15, 0.2) is 48.8 Å². The van der Waals surface area contributed by atoms with Crippen LogP contribution in [0.4, 0.5) is 0 Å². The second-order valence-corrected chi connectivity index (χ2v) is 9.66. The molecule has 1 atom stereocenters. The number of carbonyl (C=O) groups is 1. The summed E-state index contributed by atoms with van der Waals surface area (Å²) >= 11 is 0. The molecule has 7 heteroatoms. The Kier molecular flexibility index (Phi) is 3.70. The van der Waals surface area contributed by atoms with E-state index in [1.807, 2.05) is 25.1 Å². The second kappa shape index (κ2) is 6.37. The standard InChI is InChI=1S/C26H21B2N4O/c1-14-5-8-17(21-12-31(2)30-23(14)21)16-10-19(15-6-7-15)20-13-32-25(33)18-4-3-9-29-24(18)26(32,27)28-22(20)11-16/h3-5,8-12,15H,6-7,13H2,1-2H3. The predicted molar refractivity (Wildman–Crippen MR) is 130 cm³/mol. The summed E-state index contributed by atoms with van der Waals surface area (Å²) in [6.07, 6.45) is 6.19. The minimum Gasteiger partial charge on any atom is -0.339 e. The van der Waals surface area contributed by atoms with Crippen LogP contribution >= 0.6 is 0 Å². The van der Waals surface area contributed by atoms with Crippen LogP contribution in [-0.2, 0) is 18.9 Å². The van der Waals surface area contributed by atoms with Crippen LogP contribution in [0, 0.1) is 6.92 Å². The molecule has 3 aliphatic rings. The molecule has 0 spiro atoms. The van der Waals surface area contributed by atoms with Crippen LogP contribution in [0.3, 0.4) is 0 Å². The lowest BCUT2D eigenvalue weighted by molar-refractivity contribution is 0.0725. The van der Waals surface area contributed by atoms with Crippen LogP contribution in [0.5, 0.6) is 0 Å². The van der Waals surface area contributed by atoms with Gasteiger partial charge in [0.15, 0.2) is 7.28 Å². The third kappa shape index (κ3) is 2.59. The number of benzene rings is 2. The number of amides is 1. The van der Waals surface area contributed by atoms with Crippen LogP contribution < -0.4 is 5.46 Å². The van der Waals surface area contributed by atoms with Crippen molar-refractivity contribution in [2.45, 2.75) is 37.6 Å². The van der Waals surface area contributed by atoms with E-state index in [1.54, 1.807) is 17.2 Å². The zero-order valence-electron chi connectivity index (χ0n) is 18.7. The quantitative estimate of drug-likeness (QED) is 0.463. The van der Waals surface area contributed by atoms with Crippen molar-refractivity contribution in [3.05, 3.63) is 76.7 Å². The maximum Gasteiger partial charge on any atom is 0.255 e. The van der Waals surface area contributed by atoms with Gasteiger partial charge in [-0.15, -0.1) is 0 Å². The lowest BCUT2D eigenvalue weighted by Gasteiger charge is -2.41. The zero-order valence-corrected chi connectivity index (χ0v) is 18.7. The first-order chi connectivity index (χ1) is 15.9.